The molecule has 0 heterocycles. The molecule has 2 heteroatoms. The first-order valence-electron chi connectivity index (χ1n) is 3.38. The van der Waals surface area contributed by atoms with Crippen LogP contribution in [-0.4, -0.2) is 0 Å². The van der Waals surface area contributed by atoms with Crippen LogP contribution in [0, 0.1) is 0 Å². The average molecular weight is 202 g/mol. The molecule has 0 unspecified atom stereocenters. The van der Waals surface area contributed by atoms with Crippen molar-refractivity contribution < 1.29 is 15.5 Å². The molecule has 0 N–H and O–H groups in total. The van der Waals surface area contributed by atoms with Crippen molar-refractivity contribution in [3.8, 4) is 0 Å². The van der Waals surface area contributed by atoms with E-state index in [0.29, 0.717) is 0 Å². The predicted octanol–water partition coefficient (Wildman–Crippen LogP) is 2.97. The Balaban J connectivity index is 0.000000810. The number of halogens is 1. The monoisotopic (exact) mass is 201 g/mol. The number of allylic oxidation sites excluding steroid dienone is 4. The zero-order valence-corrected chi connectivity index (χ0v) is 7.59. The van der Waals surface area contributed by atoms with Crippen LogP contribution in [-0.2, 0) is 15.5 Å². The van der Waals surface area contributed by atoms with Gasteiger partial charge in [-0.05, 0) is 0 Å². The summed E-state index contributed by atoms with van der Waals surface area (Å²) < 4.78 is 1.14. The molecule has 0 amide bonds. The molecule has 0 nitrogen and oxygen atoms in total. The van der Waals surface area contributed by atoms with Crippen LogP contribution in [0.4, 0.5) is 0 Å². The quantitative estimate of drug-likeness (QED) is 0.530. The molecule has 0 radical (unpaired) electrons. The van der Waals surface area contributed by atoms with Gasteiger partial charge in [-0.2, -0.15) is 0 Å². The van der Waals surface area contributed by atoms with Crippen molar-refractivity contribution in [3.63, 3.8) is 0 Å². The second kappa shape index (κ2) is 6.00. The van der Waals surface area contributed by atoms with Crippen LogP contribution in [0.2, 0.25) is 0 Å². The summed E-state index contributed by atoms with van der Waals surface area (Å²) >= 11 is 4.76. The topological polar surface area (TPSA) is 0 Å². The molecule has 0 fully saturated rings. The van der Waals surface area contributed by atoms with Gasteiger partial charge in [0, 0.05) is 0 Å². The van der Waals surface area contributed by atoms with Crippen LogP contribution >= 0.6 is 12.4 Å². The molecule has 0 aliphatic heterocycles. The molecule has 0 aromatic heterocycles. The SMILES string of the molecule is Cl.[Ni][C]1=CC=CCCCC1. The summed E-state index contributed by atoms with van der Waals surface area (Å²) in [5.41, 5.74) is 0. The van der Waals surface area contributed by atoms with Crippen molar-refractivity contribution in [1.82, 2.24) is 0 Å². The van der Waals surface area contributed by atoms with E-state index in [1.165, 1.54) is 19.3 Å². The van der Waals surface area contributed by atoms with E-state index < -0.39 is 0 Å². The first kappa shape index (κ1) is 10.3. The molecule has 0 spiro atoms. The standard InChI is InChI=1S/C8H11.ClH.Ni/c1-2-4-6-8-7-5-3-1;;/h1-3H,4,6-8H2;1H;. The summed E-state index contributed by atoms with van der Waals surface area (Å²) in [5, 5.41) is 0. The fourth-order valence-electron chi connectivity index (χ4n) is 0.891. The molecule has 0 saturated heterocycles. The number of rotatable bonds is 0. The van der Waals surface area contributed by atoms with Crippen LogP contribution < -0.4 is 0 Å². The third-order valence-corrected chi connectivity index (χ3v) is 1.84. The van der Waals surface area contributed by atoms with Gasteiger partial charge in [0.05, 0.1) is 0 Å². The van der Waals surface area contributed by atoms with Gasteiger partial charge in [0.15, 0.2) is 0 Å². The van der Waals surface area contributed by atoms with Crippen molar-refractivity contribution >= 4 is 12.4 Å². The van der Waals surface area contributed by atoms with Gasteiger partial charge in [0.2, 0.25) is 0 Å². The van der Waals surface area contributed by atoms with Crippen molar-refractivity contribution in [2.45, 2.75) is 25.7 Å². The molecule has 1 rings (SSSR count). The second-order valence-corrected chi connectivity index (χ2v) is 2.88. The van der Waals surface area contributed by atoms with Gasteiger partial charge in [-0.15, -0.1) is 12.4 Å². The van der Waals surface area contributed by atoms with E-state index in [9.17, 15) is 0 Å². The van der Waals surface area contributed by atoms with E-state index >= 15 is 0 Å². The fraction of sp³-hybridized carbons (Fsp3) is 0.500. The molecule has 1 aliphatic carbocycles. The van der Waals surface area contributed by atoms with Crippen LogP contribution in [0.3, 0.4) is 0 Å². The third kappa shape index (κ3) is 4.14. The fourth-order valence-corrected chi connectivity index (χ4v) is 1.16. The van der Waals surface area contributed by atoms with Gasteiger partial charge in [-0.1, -0.05) is 0 Å². The summed E-state index contributed by atoms with van der Waals surface area (Å²) in [6.45, 7) is 0. The van der Waals surface area contributed by atoms with Gasteiger partial charge in [0.1, 0.15) is 0 Å². The van der Waals surface area contributed by atoms with Gasteiger partial charge in [0.25, 0.3) is 0 Å². The zero-order chi connectivity index (χ0) is 6.53. The summed E-state index contributed by atoms with van der Waals surface area (Å²) in [6, 6.07) is 0. The molecule has 0 saturated carbocycles. The second-order valence-electron chi connectivity index (χ2n) is 2.25. The minimum absolute atomic E-state index is 0. The van der Waals surface area contributed by atoms with Crippen LogP contribution in [0.5, 0.6) is 0 Å². The number of hydrogen-bond donors (Lipinski definition) is 0. The van der Waals surface area contributed by atoms with Crippen LogP contribution in [0.15, 0.2) is 22.8 Å². The summed E-state index contributed by atoms with van der Waals surface area (Å²) in [6.07, 6.45) is 11.3. The summed E-state index contributed by atoms with van der Waals surface area (Å²) in [4.78, 5) is 0. The molecule has 0 atom stereocenters. The molecule has 10 heavy (non-hydrogen) atoms. The van der Waals surface area contributed by atoms with Crippen LogP contribution in [0.1, 0.15) is 25.7 Å². The molecular formula is C8H12ClNi. The normalized spacial score (nSPS) is 18.4. The molecule has 0 aromatic rings. The maximum absolute atomic E-state index is 4.76. The summed E-state index contributed by atoms with van der Waals surface area (Å²) in [5.74, 6) is 0. The maximum atomic E-state index is 4.76. The van der Waals surface area contributed by atoms with Crippen molar-refractivity contribution in [2.75, 3.05) is 0 Å². The molecule has 1 aliphatic rings. The van der Waals surface area contributed by atoms with E-state index in [4.69, 9.17) is 15.5 Å². The van der Waals surface area contributed by atoms with Gasteiger partial charge in [-0.3, -0.25) is 0 Å². The minimum atomic E-state index is 0. The zero-order valence-electron chi connectivity index (χ0n) is 5.78. The Hall–Kier alpha value is 0.264. The Bertz CT molecular complexity index is 138. The first-order chi connectivity index (χ1) is 4.39. The average Bonchev–Trinajstić information content (AvgIpc) is 1.79. The van der Waals surface area contributed by atoms with Gasteiger partial charge < -0.3 is 0 Å². The van der Waals surface area contributed by atoms with Crippen molar-refractivity contribution in [1.29, 1.82) is 0 Å². The van der Waals surface area contributed by atoms with E-state index in [1.54, 1.807) is 0 Å². The summed E-state index contributed by atoms with van der Waals surface area (Å²) in [7, 11) is 0. The Labute approximate surface area is 76.5 Å². The Morgan fingerprint density at radius 3 is 2.90 bits per heavy atom. The molecule has 61 valence electrons. The first-order valence-corrected chi connectivity index (χ1v) is 3.87. The predicted molar refractivity (Wildman–Crippen MR) is 42.9 cm³/mol. The molecule has 0 aromatic carbocycles. The van der Waals surface area contributed by atoms with Crippen molar-refractivity contribution in [3.05, 3.63) is 22.8 Å². The van der Waals surface area contributed by atoms with E-state index in [-0.39, 0.29) is 12.4 Å². The van der Waals surface area contributed by atoms with Gasteiger partial charge >= 0.3 is 63.9 Å². The van der Waals surface area contributed by atoms with Crippen molar-refractivity contribution in [2.24, 2.45) is 0 Å². The third-order valence-electron chi connectivity index (χ3n) is 1.42. The van der Waals surface area contributed by atoms with E-state index in [2.05, 4.69) is 18.2 Å². The Morgan fingerprint density at radius 1 is 1.30 bits per heavy atom. The molecular weight excluding hydrogens is 190 g/mol. The number of hydrogen-bond acceptors (Lipinski definition) is 0. The Morgan fingerprint density at radius 2 is 2.10 bits per heavy atom. The molecule has 0 bridgehead atoms. The Kier molecular flexibility index (Phi) is 6.16. The van der Waals surface area contributed by atoms with Gasteiger partial charge in [-0.25, -0.2) is 0 Å². The van der Waals surface area contributed by atoms with E-state index in [0.717, 1.165) is 11.0 Å². The van der Waals surface area contributed by atoms with Crippen LogP contribution in [0.25, 0.3) is 0 Å². The van der Waals surface area contributed by atoms with E-state index in [1.807, 2.05) is 0 Å².